The molecule has 0 amide bonds. The maximum Gasteiger partial charge on any atom is 0.0576 e. The van der Waals surface area contributed by atoms with Gasteiger partial charge in [0, 0.05) is 32.8 Å². The topological polar surface area (TPSA) is 41.7 Å². The number of hydrogen-bond acceptors (Lipinski definition) is 4. The maximum atomic E-state index is 5.67. The molecule has 0 saturated carbocycles. The fourth-order valence-corrected chi connectivity index (χ4v) is 2.97. The minimum atomic E-state index is 0.566. The van der Waals surface area contributed by atoms with Gasteiger partial charge in [-0.25, -0.2) is 0 Å². The lowest BCUT2D eigenvalue weighted by molar-refractivity contribution is 0.0916. The van der Waals surface area contributed by atoms with Gasteiger partial charge in [-0.2, -0.15) is 0 Å². The summed E-state index contributed by atoms with van der Waals surface area (Å²) in [7, 11) is 0. The third-order valence-corrected chi connectivity index (χ3v) is 4.17. The second kappa shape index (κ2) is 8.10. The van der Waals surface area contributed by atoms with E-state index in [2.05, 4.69) is 9.80 Å². The van der Waals surface area contributed by atoms with Crippen molar-refractivity contribution in [2.45, 2.75) is 38.2 Å². The number of rotatable bonds is 7. The molecule has 1 atom stereocenters. The van der Waals surface area contributed by atoms with Gasteiger partial charge in [0.1, 0.15) is 0 Å². The fourth-order valence-electron chi connectivity index (χ4n) is 2.97. The molecule has 2 rings (SSSR count). The number of nitrogens with two attached hydrogens (primary N) is 1. The smallest absolute Gasteiger partial charge is 0.0576 e. The largest absolute Gasteiger partial charge is 0.378 e. The van der Waals surface area contributed by atoms with Gasteiger partial charge < -0.3 is 20.3 Å². The van der Waals surface area contributed by atoms with Crippen molar-refractivity contribution in [2.24, 2.45) is 5.73 Å². The highest BCUT2D eigenvalue weighted by Crippen LogP contribution is 2.17. The molecule has 2 fully saturated rings. The number of piperazine rings is 1. The van der Waals surface area contributed by atoms with E-state index in [1.807, 2.05) is 0 Å². The van der Waals surface area contributed by atoms with Crippen LogP contribution in [0.2, 0.25) is 0 Å². The van der Waals surface area contributed by atoms with Crippen molar-refractivity contribution >= 4 is 0 Å². The van der Waals surface area contributed by atoms with Crippen molar-refractivity contribution < 1.29 is 4.74 Å². The quantitative estimate of drug-likeness (QED) is 0.734. The Morgan fingerprint density at radius 3 is 2.22 bits per heavy atom. The third-order valence-electron chi connectivity index (χ3n) is 4.17. The van der Waals surface area contributed by atoms with Crippen LogP contribution in [0, 0.1) is 0 Å². The lowest BCUT2D eigenvalue weighted by Crippen LogP contribution is -2.47. The van der Waals surface area contributed by atoms with E-state index in [0.717, 1.165) is 19.6 Å². The summed E-state index contributed by atoms with van der Waals surface area (Å²) in [6.07, 6.45) is 6.81. The first-order valence-corrected chi connectivity index (χ1v) is 7.65. The first-order valence-electron chi connectivity index (χ1n) is 7.65. The molecule has 18 heavy (non-hydrogen) atoms. The molecule has 2 aliphatic heterocycles. The zero-order valence-electron chi connectivity index (χ0n) is 11.6. The SMILES string of the molecule is NCCCN1CCN(CCCC2CCCO2)CC1. The molecule has 1 unspecified atom stereocenters. The van der Waals surface area contributed by atoms with Crippen LogP contribution in [0.3, 0.4) is 0 Å². The molecule has 2 heterocycles. The zero-order chi connectivity index (χ0) is 12.6. The van der Waals surface area contributed by atoms with E-state index < -0.39 is 0 Å². The summed E-state index contributed by atoms with van der Waals surface area (Å²) < 4.78 is 5.67. The van der Waals surface area contributed by atoms with Crippen molar-refractivity contribution in [1.82, 2.24) is 9.80 Å². The Kier molecular flexibility index (Phi) is 6.41. The van der Waals surface area contributed by atoms with Gasteiger partial charge >= 0.3 is 0 Å². The standard InChI is InChI=1S/C14H29N3O/c15-6-3-8-17-11-9-16(10-12-17)7-1-4-14-5-2-13-18-14/h14H,1-13,15H2. The van der Waals surface area contributed by atoms with Gasteiger partial charge in [0.25, 0.3) is 0 Å². The van der Waals surface area contributed by atoms with Crippen LogP contribution in [0.15, 0.2) is 0 Å². The average Bonchev–Trinajstić information content (AvgIpc) is 2.91. The molecule has 0 spiro atoms. The molecular formula is C14H29N3O. The van der Waals surface area contributed by atoms with Gasteiger partial charge in [-0.3, -0.25) is 0 Å². The van der Waals surface area contributed by atoms with Crippen LogP contribution < -0.4 is 5.73 Å². The monoisotopic (exact) mass is 255 g/mol. The second-order valence-electron chi connectivity index (χ2n) is 5.60. The summed E-state index contributed by atoms with van der Waals surface area (Å²) in [5, 5.41) is 0. The molecule has 0 aromatic rings. The molecule has 2 N–H and O–H groups in total. The molecule has 0 aliphatic carbocycles. The molecule has 0 aromatic carbocycles. The Hall–Kier alpha value is -0.160. The Labute approximate surface area is 111 Å². The van der Waals surface area contributed by atoms with E-state index >= 15 is 0 Å². The van der Waals surface area contributed by atoms with Crippen LogP contribution in [0.25, 0.3) is 0 Å². The number of hydrogen-bond donors (Lipinski definition) is 1. The van der Waals surface area contributed by atoms with Crippen LogP contribution in [-0.4, -0.2) is 68.3 Å². The number of nitrogens with zero attached hydrogens (tertiary/aromatic N) is 2. The van der Waals surface area contributed by atoms with E-state index in [1.165, 1.54) is 65.0 Å². The average molecular weight is 255 g/mol. The Morgan fingerprint density at radius 1 is 1.00 bits per heavy atom. The van der Waals surface area contributed by atoms with E-state index in [-0.39, 0.29) is 0 Å². The summed E-state index contributed by atoms with van der Waals surface area (Å²) in [6.45, 7) is 9.16. The van der Waals surface area contributed by atoms with Gasteiger partial charge in [0.15, 0.2) is 0 Å². The van der Waals surface area contributed by atoms with E-state index in [0.29, 0.717) is 6.10 Å². The highest BCUT2D eigenvalue weighted by atomic mass is 16.5. The predicted octanol–water partition coefficient (Wildman–Crippen LogP) is 0.912. The third kappa shape index (κ3) is 4.84. The first-order chi connectivity index (χ1) is 8.88. The molecule has 2 saturated heterocycles. The van der Waals surface area contributed by atoms with Gasteiger partial charge in [0.05, 0.1) is 6.10 Å². The molecule has 0 radical (unpaired) electrons. The Bertz CT molecular complexity index is 211. The van der Waals surface area contributed by atoms with Crippen LogP contribution in [-0.2, 0) is 4.74 Å². The summed E-state index contributed by atoms with van der Waals surface area (Å²) in [5.41, 5.74) is 5.55. The van der Waals surface area contributed by atoms with Gasteiger partial charge in [-0.1, -0.05) is 0 Å². The summed E-state index contributed by atoms with van der Waals surface area (Å²) in [4.78, 5) is 5.15. The first kappa shape index (κ1) is 14.3. The Morgan fingerprint density at radius 2 is 1.67 bits per heavy atom. The van der Waals surface area contributed by atoms with E-state index in [1.54, 1.807) is 0 Å². The van der Waals surface area contributed by atoms with Crippen molar-refractivity contribution in [1.29, 1.82) is 0 Å². The summed E-state index contributed by atoms with van der Waals surface area (Å²) in [6, 6.07) is 0. The molecule has 106 valence electrons. The highest BCUT2D eigenvalue weighted by molar-refractivity contribution is 4.73. The molecule has 2 aliphatic rings. The maximum absolute atomic E-state index is 5.67. The minimum absolute atomic E-state index is 0.566. The van der Waals surface area contributed by atoms with E-state index in [4.69, 9.17) is 10.5 Å². The lowest BCUT2D eigenvalue weighted by Gasteiger charge is -2.34. The molecule has 0 bridgehead atoms. The van der Waals surface area contributed by atoms with Crippen LogP contribution >= 0.6 is 0 Å². The predicted molar refractivity (Wildman–Crippen MR) is 74.8 cm³/mol. The molecule has 0 aromatic heterocycles. The number of ether oxygens (including phenoxy) is 1. The van der Waals surface area contributed by atoms with Crippen LogP contribution in [0.5, 0.6) is 0 Å². The summed E-state index contributed by atoms with van der Waals surface area (Å²) >= 11 is 0. The van der Waals surface area contributed by atoms with Gasteiger partial charge in [-0.05, 0) is 51.7 Å². The molecular weight excluding hydrogens is 226 g/mol. The second-order valence-corrected chi connectivity index (χ2v) is 5.60. The summed E-state index contributed by atoms with van der Waals surface area (Å²) in [5.74, 6) is 0. The lowest BCUT2D eigenvalue weighted by atomic mass is 10.1. The van der Waals surface area contributed by atoms with Crippen molar-refractivity contribution in [2.75, 3.05) is 52.4 Å². The van der Waals surface area contributed by atoms with Crippen LogP contribution in [0.1, 0.15) is 32.1 Å². The minimum Gasteiger partial charge on any atom is -0.378 e. The van der Waals surface area contributed by atoms with E-state index in [9.17, 15) is 0 Å². The normalized spacial score (nSPS) is 26.8. The Balaban J connectivity index is 1.50. The van der Waals surface area contributed by atoms with Gasteiger partial charge in [-0.15, -0.1) is 0 Å². The highest BCUT2D eigenvalue weighted by Gasteiger charge is 2.18. The van der Waals surface area contributed by atoms with Crippen molar-refractivity contribution in [3.8, 4) is 0 Å². The van der Waals surface area contributed by atoms with Crippen LogP contribution in [0.4, 0.5) is 0 Å². The fraction of sp³-hybridized carbons (Fsp3) is 1.00. The van der Waals surface area contributed by atoms with Crippen molar-refractivity contribution in [3.63, 3.8) is 0 Å². The zero-order valence-corrected chi connectivity index (χ0v) is 11.6. The van der Waals surface area contributed by atoms with Crippen molar-refractivity contribution in [3.05, 3.63) is 0 Å². The molecule has 4 nitrogen and oxygen atoms in total. The van der Waals surface area contributed by atoms with Gasteiger partial charge in [0.2, 0.25) is 0 Å². The molecule has 4 heteroatoms.